The SMILES string of the molecule is CCc1cccc(C(NC)c2cccc(Cl)c2C)c1. The van der Waals surface area contributed by atoms with Gasteiger partial charge in [0, 0.05) is 5.02 Å². The van der Waals surface area contributed by atoms with E-state index in [0.29, 0.717) is 0 Å². The monoisotopic (exact) mass is 273 g/mol. The molecule has 2 rings (SSSR count). The second-order valence-corrected chi connectivity index (χ2v) is 5.18. The van der Waals surface area contributed by atoms with E-state index >= 15 is 0 Å². The molecule has 0 amide bonds. The van der Waals surface area contributed by atoms with Crippen LogP contribution in [0, 0.1) is 6.92 Å². The van der Waals surface area contributed by atoms with Gasteiger partial charge in [-0.15, -0.1) is 0 Å². The van der Waals surface area contributed by atoms with Gasteiger partial charge < -0.3 is 5.32 Å². The number of nitrogens with one attached hydrogen (secondary N) is 1. The number of rotatable bonds is 4. The first-order valence-corrected chi connectivity index (χ1v) is 7.06. The molecule has 0 aliphatic carbocycles. The highest BCUT2D eigenvalue weighted by Gasteiger charge is 2.15. The number of hydrogen-bond acceptors (Lipinski definition) is 1. The number of hydrogen-bond donors (Lipinski definition) is 1. The third-order valence-electron chi connectivity index (χ3n) is 3.60. The van der Waals surface area contributed by atoms with Crippen LogP contribution in [0.1, 0.15) is 35.2 Å². The lowest BCUT2D eigenvalue weighted by Gasteiger charge is -2.20. The minimum atomic E-state index is 0.185. The number of halogens is 1. The number of benzene rings is 2. The first-order valence-electron chi connectivity index (χ1n) is 6.68. The van der Waals surface area contributed by atoms with Crippen LogP contribution in [0.25, 0.3) is 0 Å². The van der Waals surface area contributed by atoms with Gasteiger partial charge in [0.25, 0.3) is 0 Å². The molecule has 0 aliphatic rings. The molecule has 0 bridgehead atoms. The van der Waals surface area contributed by atoms with Gasteiger partial charge in [0.15, 0.2) is 0 Å². The zero-order valence-corrected chi connectivity index (χ0v) is 12.5. The Morgan fingerprint density at radius 2 is 1.89 bits per heavy atom. The summed E-state index contributed by atoms with van der Waals surface area (Å²) in [6.45, 7) is 4.25. The number of aryl methyl sites for hydroxylation is 1. The summed E-state index contributed by atoms with van der Waals surface area (Å²) < 4.78 is 0. The summed E-state index contributed by atoms with van der Waals surface area (Å²) >= 11 is 6.23. The topological polar surface area (TPSA) is 12.0 Å². The van der Waals surface area contributed by atoms with E-state index in [0.717, 1.165) is 17.0 Å². The zero-order chi connectivity index (χ0) is 13.8. The predicted octanol–water partition coefficient (Wildman–Crippen LogP) is 4.52. The van der Waals surface area contributed by atoms with Crippen LogP contribution in [0.5, 0.6) is 0 Å². The van der Waals surface area contributed by atoms with Crippen LogP contribution in [0.2, 0.25) is 5.02 Å². The molecule has 0 fully saturated rings. The summed E-state index contributed by atoms with van der Waals surface area (Å²) in [5, 5.41) is 4.22. The highest BCUT2D eigenvalue weighted by molar-refractivity contribution is 6.31. The fourth-order valence-corrected chi connectivity index (χ4v) is 2.61. The first-order chi connectivity index (χ1) is 9.17. The quantitative estimate of drug-likeness (QED) is 0.864. The van der Waals surface area contributed by atoms with Crippen LogP contribution in [-0.2, 0) is 6.42 Å². The third-order valence-corrected chi connectivity index (χ3v) is 4.01. The van der Waals surface area contributed by atoms with Gasteiger partial charge in [-0.2, -0.15) is 0 Å². The highest BCUT2D eigenvalue weighted by atomic mass is 35.5. The summed E-state index contributed by atoms with van der Waals surface area (Å²) in [5.74, 6) is 0. The van der Waals surface area contributed by atoms with Crippen molar-refractivity contribution >= 4 is 11.6 Å². The molecule has 2 aromatic rings. The molecule has 2 aromatic carbocycles. The van der Waals surface area contributed by atoms with Gasteiger partial charge in [-0.05, 0) is 48.7 Å². The largest absolute Gasteiger partial charge is 0.309 e. The van der Waals surface area contributed by atoms with Crippen LogP contribution in [-0.4, -0.2) is 7.05 Å². The molecule has 0 spiro atoms. The maximum Gasteiger partial charge on any atom is 0.0577 e. The Morgan fingerprint density at radius 3 is 2.58 bits per heavy atom. The lowest BCUT2D eigenvalue weighted by atomic mass is 9.93. The van der Waals surface area contributed by atoms with E-state index in [1.165, 1.54) is 16.7 Å². The fraction of sp³-hybridized carbons (Fsp3) is 0.294. The fourth-order valence-electron chi connectivity index (χ4n) is 2.43. The Hall–Kier alpha value is -1.31. The third kappa shape index (κ3) is 2.99. The Bertz CT molecular complexity index is 563. The maximum atomic E-state index is 6.23. The van der Waals surface area contributed by atoms with Crippen LogP contribution < -0.4 is 5.32 Å². The standard InChI is InChI=1S/C17H20ClN/c1-4-13-7-5-8-14(11-13)17(19-3)15-9-6-10-16(18)12(15)2/h5-11,17,19H,4H2,1-3H3. The average Bonchev–Trinajstić information content (AvgIpc) is 2.44. The maximum absolute atomic E-state index is 6.23. The van der Waals surface area contributed by atoms with E-state index in [-0.39, 0.29) is 6.04 Å². The molecule has 0 heterocycles. The van der Waals surface area contributed by atoms with Gasteiger partial charge in [-0.1, -0.05) is 54.9 Å². The minimum Gasteiger partial charge on any atom is -0.309 e. The van der Waals surface area contributed by atoms with Crippen molar-refractivity contribution in [2.45, 2.75) is 26.3 Å². The Kier molecular flexibility index (Phi) is 4.62. The highest BCUT2D eigenvalue weighted by Crippen LogP contribution is 2.29. The van der Waals surface area contributed by atoms with E-state index in [4.69, 9.17) is 11.6 Å². The van der Waals surface area contributed by atoms with Crippen molar-refractivity contribution in [1.82, 2.24) is 5.32 Å². The van der Waals surface area contributed by atoms with Gasteiger partial charge in [0.1, 0.15) is 0 Å². The Balaban J connectivity index is 2.46. The van der Waals surface area contributed by atoms with Gasteiger partial charge in [0.2, 0.25) is 0 Å². The average molecular weight is 274 g/mol. The molecule has 0 saturated carbocycles. The summed E-state index contributed by atoms with van der Waals surface area (Å²) in [7, 11) is 1.99. The van der Waals surface area contributed by atoms with Crippen molar-refractivity contribution in [3.8, 4) is 0 Å². The molecular formula is C17H20ClN. The van der Waals surface area contributed by atoms with Crippen LogP contribution in [0.15, 0.2) is 42.5 Å². The molecule has 1 atom stereocenters. The Labute approximate surface area is 120 Å². The van der Waals surface area contributed by atoms with Crippen molar-refractivity contribution in [2.75, 3.05) is 7.05 Å². The molecular weight excluding hydrogens is 254 g/mol. The molecule has 0 aliphatic heterocycles. The molecule has 0 saturated heterocycles. The van der Waals surface area contributed by atoms with E-state index in [1.54, 1.807) is 0 Å². The predicted molar refractivity (Wildman–Crippen MR) is 82.9 cm³/mol. The minimum absolute atomic E-state index is 0.185. The molecule has 1 N–H and O–H groups in total. The smallest absolute Gasteiger partial charge is 0.0577 e. The lowest BCUT2D eigenvalue weighted by Crippen LogP contribution is -2.19. The van der Waals surface area contributed by atoms with Crippen LogP contribution >= 0.6 is 11.6 Å². The molecule has 1 nitrogen and oxygen atoms in total. The molecule has 1 unspecified atom stereocenters. The van der Waals surface area contributed by atoms with E-state index in [9.17, 15) is 0 Å². The second-order valence-electron chi connectivity index (χ2n) is 4.77. The van der Waals surface area contributed by atoms with Crippen LogP contribution in [0.3, 0.4) is 0 Å². The van der Waals surface area contributed by atoms with E-state index in [1.807, 2.05) is 19.2 Å². The van der Waals surface area contributed by atoms with Crippen molar-refractivity contribution in [3.63, 3.8) is 0 Å². The summed E-state index contributed by atoms with van der Waals surface area (Å²) in [6, 6.07) is 15.0. The Morgan fingerprint density at radius 1 is 1.16 bits per heavy atom. The molecule has 100 valence electrons. The van der Waals surface area contributed by atoms with Crippen molar-refractivity contribution < 1.29 is 0 Å². The first kappa shape index (κ1) is 14.1. The summed E-state index contributed by atoms with van der Waals surface area (Å²) in [4.78, 5) is 0. The molecule has 0 aromatic heterocycles. The molecule has 19 heavy (non-hydrogen) atoms. The normalized spacial score (nSPS) is 12.4. The van der Waals surface area contributed by atoms with Crippen molar-refractivity contribution in [2.24, 2.45) is 0 Å². The summed E-state index contributed by atoms with van der Waals surface area (Å²) in [5.41, 5.74) is 5.03. The second kappa shape index (κ2) is 6.23. The van der Waals surface area contributed by atoms with E-state index < -0.39 is 0 Å². The van der Waals surface area contributed by atoms with Crippen molar-refractivity contribution in [3.05, 3.63) is 69.7 Å². The molecule has 2 heteroatoms. The van der Waals surface area contributed by atoms with Gasteiger partial charge in [-0.25, -0.2) is 0 Å². The van der Waals surface area contributed by atoms with Crippen molar-refractivity contribution in [1.29, 1.82) is 0 Å². The summed E-state index contributed by atoms with van der Waals surface area (Å²) in [6.07, 6.45) is 1.05. The zero-order valence-electron chi connectivity index (χ0n) is 11.7. The van der Waals surface area contributed by atoms with Gasteiger partial charge in [-0.3, -0.25) is 0 Å². The van der Waals surface area contributed by atoms with E-state index in [2.05, 4.69) is 49.5 Å². The van der Waals surface area contributed by atoms with Gasteiger partial charge in [0.05, 0.1) is 6.04 Å². The molecule has 0 radical (unpaired) electrons. The van der Waals surface area contributed by atoms with Gasteiger partial charge >= 0.3 is 0 Å². The lowest BCUT2D eigenvalue weighted by molar-refractivity contribution is 0.686. The van der Waals surface area contributed by atoms with Crippen LogP contribution in [0.4, 0.5) is 0 Å².